The van der Waals surface area contributed by atoms with E-state index in [1.807, 2.05) is 0 Å². The highest BCUT2D eigenvalue weighted by Crippen LogP contribution is 2.29. The van der Waals surface area contributed by atoms with Crippen molar-refractivity contribution >= 4 is 0 Å². The Bertz CT molecular complexity index is 284. The van der Waals surface area contributed by atoms with E-state index in [9.17, 15) is 0 Å². The Balaban J connectivity index is 2.55. The van der Waals surface area contributed by atoms with Crippen molar-refractivity contribution in [3.05, 3.63) is 34.4 Å². The highest BCUT2D eigenvalue weighted by atomic mass is 14.2. The van der Waals surface area contributed by atoms with Crippen molar-refractivity contribution in [2.45, 2.75) is 33.1 Å². The highest BCUT2D eigenvalue weighted by molar-refractivity contribution is 5.46. The molecule has 0 atom stereocenters. The minimum Gasteiger partial charge on any atom is -0.0613 e. The summed E-state index contributed by atoms with van der Waals surface area (Å²) in [4.78, 5) is 0. The van der Waals surface area contributed by atoms with E-state index in [0.29, 0.717) is 0 Å². The molecule has 58 valence electrons. The quantitative estimate of drug-likeness (QED) is 0.571. The Morgan fingerprint density at radius 2 is 1.91 bits per heavy atom. The van der Waals surface area contributed by atoms with Gasteiger partial charge in [-0.25, -0.2) is 0 Å². The summed E-state index contributed by atoms with van der Waals surface area (Å²) in [7, 11) is 0. The molecule has 1 aliphatic rings. The van der Waals surface area contributed by atoms with Gasteiger partial charge in [0.2, 0.25) is 0 Å². The van der Waals surface area contributed by atoms with Gasteiger partial charge in [0.15, 0.2) is 0 Å². The van der Waals surface area contributed by atoms with Crippen LogP contribution in [0.3, 0.4) is 0 Å². The second kappa shape index (κ2) is 2.37. The predicted octanol–water partition coefficient (Wildman–Crippen LogP) is 2.66. The van der Waals surface area contributed by atoms with Gasteiger partial charge >= 0.3 is 0 Å². The summed E-state index contributed by atoms with van der Waals surface area (Å²) in [5.74, 6) is 0. The van der Waals surface area contributed by atoms with Gasteiger partial charge in [-0.1, -0.05) is 19.1 Å². The molecule has 0 amide bonds. The zero-order valence-electron chi connectivity index (χ0n) is 7.28. The molecule has 0 fully saturated rings. The van der Waals surface area contributed by atoms with E-state index in [0.717, 1.165) is 0 Å². The Kier molecular flexibility index (Phi) is 1.49. The first-order chi connectivity index (χ1) is 5.33. The molecule has 0 spiro atoms. The molecular weight excluding hydrogens is 132 g/mol. The smallest absolute Gasteiger partial charge is 0.0232 e. The Labute approximate surface area is 68.3 Å². The molecule has 1 aliphatic carbocycles. The van der Waals surface area contributed by atoms with Crippen molar-refractivity contribution in [3.8, 4) is 0 Å². The molecule has 0 unspecified atom stereocenters. The number of fused-ring (bicyclic) bond motifs is 1. The average Bonchev–Trinajstić information content (AvgIpc) is 1.93. The average molecular weight is 146 g/mol. The molecule has 11 heavy (non-hydrogen) atoms. The monoisotopic (exact) mass is 146 g/mol. The minimum atomic E-state index is 1.20. The van der Waals surface area contributed by atoms with Crippen LogP contribution < -0.4 is 0 Å². The maximum Gasteiger partial charge on any atom is -0.0232 e. The molecule has 2 rings (SSSR count). The molecule has 0 saturated carbocycles. The van der Waals surface area contributed by atoms with Crippen molar-refractivity contribution in [1.82, 2.24) is 0 Å². The fourth-order valence-electron chi connectivity index (χ4n) is 1.92. The second-order valence-electron chi connectivity index (χ2n) is 3.35. The summed E-state index contributed by atoms with van der Waals surface area (Å²) < 4.78 is 0. The zero-order valence-corrected chi connectivity index (χ0v) is 7.28. The molecule has 0 radical (unpaired) electrons. The number of hydrogen-bond acceptors (Lipinski definition) is 0. The first-order valence-electron chi connectivity index (χ1n) is 4.43. The summed E-state index contributed by atoms with van der Waals surface area (Å²) in [5, 5.41) is 0. The molecule has 0 bridgehead atoms. The Hall–Kier alpha value is -0.780. The predicted molar refractivity (Wildman–Crippen MR) is 48.0 cm³/mol. The van der Waals surface area contributed by atoms with Gasteiger partial charge in [-0.15, -0.1) is 0 Å². The molecule has 0 N–H and O–H groups in total. The van der Waals surface area contributed by atoms with E-state index in [-0.39, 0.29) is 0 Å². The lowest BCUT2D eigenvalue weighted by molar-refractivity contribution is 0.804. The third-order valence-corrected chi connectivity index (χ3v) is 2.77. The lowest BCUT2D eigenvalue weighted by atomic mass is 9.81. The summed E-state index contributed by atoms with van der Waals surface area (Å²) >= 11 is 0. The van der Waals surface area contributed by atoms with E-state index in [2.05, 4.69) is 26.0 Å². The number of benzene rings is 1. The summed E-state index contributed by atoms with van der Waals surface area (Å²) in [6.07, 6.45) is 3.83. The van der Waals surface area contributed by atoms with Crippen LogP contribution in [0.1, 0.15) is 29.2 Å². The highest BCUT2D eigenvalue weighted by Gasteiger charge is 2.17. The van der Waals surface area contributed by atoms with Crippen LogP contribution in [0.15, 0.2) is 12.1 Å². The first kappa shape index (κ1) is 6.90. The van der Waals surface area contributed by atoms with E-state index in [1.165, 1.54) is 24.8 Å². The van der Waals surface area contributed by atoms with Crippen LogP contribution in [0.5, 0.6) is 0 Å². The van der Waals surface area contributed by atoms with Gasteiger partial charge < -0.3 is 0 Å². The van der Waals surface area contributed by atoms with Gasteiger partial charge in [0.05, 0.1) is 0 Å². The fraction of sp³-hybridized carbons (Fsp3) is 0.455. The Morgan fingerprint density at radius 1 is 1.18 bits per heavy atom. The van der Waals surface area contributed by atoms with Crippen LogP contribution in [0, 0.1) is 6.92 Å². The third kappa shape index (κ3) is 0.891. The van der Waals surface area contributed by atoms with Crippen molar-refractivity contribution in [1.29, 1.82) is 0 Å². The zero-order chi connectivity index (χ0) is 7.84. The summed E-state index contributed by atoms with van der Waals surface area (Å²) in [6.45, 7) is 4.46. The molecule has 1 aromatic carbocycles. The SMILES string of the molecule is CCc1ccc(C)c2c1CC2. The number of aryl methyl sites for hydroxylation is 2. The van der Waals surface area contributed by atoms with Crippen molar-refractivity contribution in [2.75, 3.05) is 0 Å². The maximum atomic E-state index is 2.29. The van der Waals surface area contributed by atoms with Crippen LogP contribution in [0.2, 0.25) is 0 Å². The van der Waals surface area contributed by atoms with Crippen LogP contribution in [-0.2, 0) is 19.3 Å². The number of hydrogen-bond donors (Lipinski definition) is 0. The number of rotatable bonds is 1. The Morgan fingerprint density at radius 3 is 2.45 bits per heavy atom. The van der Waals surface area contributed by atoms with Crippen LogP contribution in [0.25, 0.3) is 0 Å². The molecular formula is C11H14. The summed E-state index contributed by atoms with van der Waals surface area (Å²) in [5.41, 5.74) is 6.33. The molecule has 0 heterocycles. The molecule has 0 heteroatoms. The van der Waals surface area contributed by atoms with E-state index >= 15 is 0 Å². The van der Waals surface area contributed by atoms with Crippen molar-refractivity contribution < 1.29 is 0 Å². The minimum absolute atomic E-state index is 1.20. The molecule has 1 aromatic rings. The van der Waals surface area contributed by atoms with Crippen LogP contribution in [0.4, 0.5) is 0 Å². The normalized spacial score (nSPS) is 14.0. The van der Waals surface area contributed by atoms with E-state index in [4.69, 9.17) is 0 Å². The van der Waals surface area contributed by atoms with Crippen molar-refractivity contribution in [2.24, 2.45) is 0 Å². The molecule has 0 aromatic heterocycles. The van der Waals surface area contributed by atoms with Crippen LogP contribution >= 0.6 is 0 Å². The first-order valence-corrected chi connectivity index (χ1v) is 4.43. The van der Waals surface area contributed by atoms with Gasteiger partial charge in [-0.3, -0.25) is 0 Å². The molecule has 0 saturated heterocycles. The molecule has 0 aliphatic heterocycles. The van der Waals surface area contributed by atoms with E-state index < -0.39 is 0 Å². The van der Waals surface area contributed by atoms with Gasteiger partial charge in [-0.2, -0.15) is 0 Å². The molecule has 0 nitrogen and oxygen atoms in total. The van der Waals surface area contributed by atoms with Crippen LogP contribution in [-0.4, -0.2) is 0 Å². The maximum absolute atomic E-state index is 2.29. The van der Waals surface area contributed by atoms with Gasteiger partial charge in [0.25, 0.3) is 0 Å². The van der Waals surface area contributed by atoms with E-state index in [1.54, 1.807) is 16.7 Å². The topological polar surface area (TPSA) is 0 Å². The summed E-state index contributed by atoms with van der Waals surface area (Å²) in [6, 6.07) is 4.55. The van der Waals surface area contributed by atoms with Gasteiger partial charge in [0.1, 0.15) is 0 Å². The second-order valence-corrected chi connectivity index (χ2v) is 3.35. The third-order valence-electron chi connectivity index (χ3n) is 2.77. The lowest BCUT2D eigenvalue weighted by Crippen LogP contribution is -2.13. The van der Waals surface area contributed by atoms with Gasteiger partial charge in [0, 0.05) is 0 Å². The standard InChI is InChI=1S/C11H14/c1-3-9-5-4-8(2)10-6-7-11(9)10/h4-5H,3,6-7H2,1-2H3. The van der Waals surface area contributed by atoms with Crippen molar-refractivity contribution in [3.63, 3.8) is 0 Å². The largest absolute Gasteiger partial charge is 0.0613 e. The fourth-order valence-corrected chi connectivity index (χ4v) is 1.92. The van der Waals surface area contributed by atoms with Gasteiger partial charge in [-0.05, 0) is 48.4 Å². The lowest BCUT2D eigenvalue weighted by Gasteiger charge is -2.24.